The Morgan fingerprint density at radius 3 is 3.10 bits per heavy atom. The highest BCUT2D eigenvalue weighted by molar-refractivity contribution is 5.35. The highest BCUT2D eigenvalue weighted by Gasteiger charge is 2.23. The van der Waals surface area contributed by atoms with Crippen LogP contribution in [0.2, 0.25) is 0 Å². The maximum absolute atomic E-state index is 4.61. The van der Waals surface area contributed by atoms with Gasteiger partial charge in [-0.2, -0.15) is 0 Å². The zero-order valence-electron chi connectivity index (χ0n) is 12.3. The lowest BCUT2D eigenvalue weighted by atomic mass is 9.80. The predicted octanol–water partition coefficient (Wildman–Crippen LogP) is 2.78. The van der Waals surface area contributed by atoms with Crippen LogP contribution in [0.5, 0.6) is 0 Å². The number of rotatable bonds is 2. The molecule has 1 unspecified atom stereocenters. The van der Waals surface area contributed by atoms with Crippen LogP contribution in [0.25, 0.3) is 0 Å². The molecule has 0 spiro atoms. The van der Waals surface area contributed by atoms with Gasteiger partial charge in [0.2, 0.25) is 0 Å². The molecule has 1 aliphatic heterocycles. The van der Waals surface area contributed by atoms with Crippen molar-refractivity contribution < 1.29 is 0 Å². The molecule has 2 aliphatic rings. The molecular weight excluding hydrogens is 258 g/mol. The first-order valence-corrected chi connectivity index (χ1v) is 8.02. The monoisotopic (exact) mass is 279 g/mol. The lowest BCUT2D eigenvalue weighted by Crippen LogP contribution is -2.27. The van der Waals surface area contributed by atoms with Crippen molar-refractivity contribution in [1.82, 2.24) is 15.3 Å². The van der Waals surface area contributed by atoms with E-state index in [-0.39, 0.29) is 0 Å². The van der Waals surface area contributed by atoms with Crippen molar-refractivity contribution in [1.29, 1.82) is 0 Å². The number of benzene rings is 1. The first-order chi connectivity index (χ1) is 10.4. The fourth-order valence-electron chi connectivity index (χ4n) is 3.81. The van der Waals surface area contributed by atoms with E-state index in [9.17, 15) is 0 Å². The molecule has 0 amide bonds. The van der Waals surface area contributed by atoms with Crippen LogP contribution in [0.4, 0.5) is 0 Å². The Kier molecular flexibility index (Phi) is 3.44. The van der Waals surface area contributed by atoms with Crippen LogP contribution in [-0.4, -0.2) is 16.5 Å². The van der Waals surface area contributed by atoms with Gasteiger partial charge in [-0.15, -0.1) is 0 Å². The smallest absolute Gasteiger partial charge is 0.115 e. The zero-order chi connectivity index (χ0) is 14.1. The summed E-state index contributed by atoms with van der Waals surface area (Å²) in [5.41, 5.74) is 6.94. The highest BCUT2D eigenvalue weighted by Crippen LogP contribution is 2.34. The van der Waals surface area contributed by atoms with Crippen molar-refractivity contribution in [2.24, 2.45) is 0 Å². The Hall–Kier alpha value is -1.74. The summed E-state index contributed by atoms with van der Waals surface area (Å²) in [7, 11) is 0. The second-order valence-electron chi connectivity index (χ2n) is 6.16. The molecule has 21 heavy (non-hydrogen) atoms. The summed E-state index contributed by atoms with van der Waals surface area (Å²) in [6.45, 7) is 1.97. The van der Waals surface area contributed by atoms with Gasteiger partial charge in [0.1, 0.15) is 6.33 Å². The molecule has 1 aliphatic carbocycles. The molecule has 0 fully saturated rings. The summed E-state index contributed by atoms with van der Waals surface area (Å²) < 4.78 is 0. The summed E-state index contributed by atoms with van der Waals surface area (Å²) in [5.74, 6) is 0.621. The maximum atomic E-state index is 4.61. The number of nitrogens with one attached hydrogen (secondary N) is 1. The Morgan fingerprint density at radius 1 is 1.14 bits per heavy atom. The van der Waals surface area contributed by atoms with Gasteiger partial charge in [-0.3, -0.25) is 0 Å². The van der Waals surface area contributed by atoms with Crippen LogP contribution in [0.1, 0.15) is 46.8 Å². The third-order valence-corrected chi connectivity index (χ3v) is 4.90. The van der Waals surface area contributed by atoms with Crippen LogP contribution < -0.4 is 5.32 Å². The molecular formula is C18H21N3. The fraction of sp³-hybridized carbons (Fsp3) is 0.444. The molecule has 4 rings (SSSR count). The van der Waals surface area contributed by atoms with Crippen molar-refractivity contribution in [3.8, 4) is 0 Å². The van der Waals surface area contributed by atoms with E-state index in [1.54, 1.807) is 11.9 Å². The second-order valence-corrected chi connectivity index (χ2v) is 6.16. The molecule has 2 heterocycles. The average molecular weight is 279 g/mol. The van der Waals surface area contributed by atoms with Gasteiger partial charge in [0, 0.05) is 36.5 Å². The first-order valence-electron chi connectivity index (χ1n) is 8.02. The Bertz CT molecular complexity index is 651. The number of aryl methyl sites for hydroxylation is 1. The van der Waals surface area contributed by atoms with Crippen LogP contribution in [0, 0.1) is 0 Å². The average Bonchev–Trinajstić information content (AvgIpc) is 2.56. The quantitative estimate of drug-likeness (QED) is 0.918. The van der Waals surface area contributed by atoms with Gasteiger partial charge in [-0.25, -0.2) is 9.97 Å². The van der Waals surface area contributed by atoms with Gasteiger partial charge in [0.15, 0.2) is 0 Å². The Morgan fingerprint density at radius 2 is 2.10 bits per heavy atom. The van der Waals surface area contributed by atoms with E-state index in [1.807, 2.05) is 0 Å². The SMILES string of the molecule is c1ccc2c(c1)CCCC2Cc1ncnc2c1CNCC2. The minimum Gasteiger partial charge on any atom is -0.312 e. The van der Waals surface area contributed by atoms with Gasteiger partial charge >= 0.3 is 0 Å². The zero-order valence-corrected chi connectivity index (χ0v) is 12.3. The van der Waals surface area contributed by atoms with Gasteiger partial charge in [0.05, 0.1) is 0 Å². The maximum Gasteiger partial charge on any atom is 0.115 e. The molecule has 108 valence electrons. The third kappa shape index (κ3) is 2.46. The summed E-state index contributed by atoms with van der Waals surface area (Å²) in [5, 5.41) is 3.46. The van der Waals surface area contributed by atoms with Gasteiger partial charge < -0.3 is 5.32 Å². The molecule has 1 N–H and O–H groups in total. The topological polar surface area (TPSA) is 37.8 Å². The number of fused-ring (bicyclic) bond motifs is 2. The van der Waals surface area contributed by atoms with Gasteiger partial charge in [-0.05, 0) is 42.7 Å². The van der Waals surface area contributed by atoms with E-state index in [1.165, 1.54) is 41.8 Å². The van der Waals surface area contributed by atoms with E-state index in [2.05, 4.69) is 39.6 Å². The molecule has 1 aromatic carbocycles. The fourth-order valence-corrected chi connectivity index (χ4v) is 3.81. The molecule has 0 radical (unpaired) electrons. The van der Waals surface area contributed by atoms with E-state index in [4.69, 9.17) is 0 Å². The van der Waals surface area contributed by atoms with E-state index < -0.39 is 0 Å². The summed E-state index contributed by atoms with van der Waals surface area (Å²) in [6.07, 6.45) is 7.66. The minimum atomic E-state index is 0.621. The van der Waals surface area contributed by atoms with Gasteiger partial charge in [-0.1, -0.05) is 24.3 Å². The van der Waals surface area contributed by atoms with Gasteiger partial charge in [0.25, 0.3) is 0 Å². The van der Waals surface area contributed by atoms with E-state index in [0.717, 1.165) is 25.9 Å². The summed E-state index contributed by atoms with van der Waals surface area (Å²) in [6, 6.07) is 8.94. The normalized spacial score (nSPS) is 20.7. The molecule has 3 heteroatoms. The third-order valence-electron chi connectivity index (χ3n) is 4.90. The Labute approximate surface area is 125 Å². The van der Waals surface area contributed by atoms with E-state index >= 15 is 0 Å². The highest BCUT2D eigenvalue weighted by atomic mass is 14.9. The van der Waals surface area contributed by atoms with Crippen molar-refractivity contribution >= 4 is 0 Å². The molecule has 1 atom stereocenters. The first kappa shape index (κ1) is 13.0. The summed E-state index contributed by atoms with van der Waals surface area (Å²) in [4.78, 5) is 9.07. The van der Waals surface area contributed by atoms with Crippen molar-refractivity contribution in [2.75, 3.05) is 6.54 Å². The van der Waals surface area contributed by atoms with E-state index in [0.29, 0.717) is 5.92 Å². The molecule has 1 aromatic heterocycles. The molecule has 2 aromatic rings. The number of aromatic nitrogens is 2. The van der Waals surface area contributed by atoms with Crippen LogP contribution in [-0.2, 0) is 25.8 Å². The van der Waals surface area contributed by atoms with Crippen molar-refractivity contribution in [3.63, 3.8) is 0 Å². The number of nitrogens with zero attached hydrogens (tertiary/aromatic N) is 2. The largest absolute Gasteiger partial charge is 0.312 e. The molecule has 0 bridgehead atoms. The lowest BCUT2D eigenvalue weighted by molar-refractivity contribution is 0.535. The number of hydrogen-bond donors (Lipinski definition) is 1. The standard InChI is InChI=1S/C18H21N3/c1-2-7-15-13(4-1)5-3-6-14(15)10-18-16-11-19-9-8-17(16)20-12-21-18/h1-2,4,7,12,14,19H,3,5-6,8-11H2. The summed E-state index contributed by atoms with van der Waals surface area (Å²) >= 11 is 0. The molecule has 0 saturated heterocycles. The minimum absolute atomic E-state index is 0.621. The predicted molar refractivity (Wildman–Crippen MR) is 83.3 cm³/mol. The number of hydrogen-bond acceptors (Lipinski definition) is 3. The van der Waals surface area contributed by atoms with Crippen LogP contribution in [0.15, 0.2) is 30.6 Å². The van der Waals surface area contributed by atoms with Crippen molar-refractivity contribution in [3.05, 3.63) is 58.7 Å². The lowest BCUT2D eigenvalue weighted by Gasteiger charge is -2.27. The van der Waals surface area contributed by atoms with Crippen LogP contribution >= 0.6 is 0 Å². The second kappa shape index (κ2) is 5.57. The molecule has 3 nitrogen and oxygen atoms in total. The van der Waals surface area contributed by atoms with Crippen LogP contribution in [0.3, 0.4) is 0 Å². The molecule has 0 saturated carbocycles. The van der Waals surface area contributed by atoms with Crippen molar-refractivity contribution in [2.45, 2.75) is 44.6 Å². The Balaban J connectivity index is 1.66.